The Kier molecular flexibility index (Phi) is 2.86. The van der Waals surface area contributed by atoms with Crippen molar-refractivity contribution in [1.29, 1.82) is 0 Å². The Morgan fingerprint density at radius 1 is 1.53 bits per heavy atom. The molecule has 0 radical (unpaired) electrons. The summed E-state index contributed by atoms with van der Waals surface area (Å²) < 4.78 is 0. The van der Waals surface area contributed by atoms with Crippen LogP contribution in [0.2, 0.25) is 0 Å². The van der Waals surface area contributed by atoms with Crippen molar-refractivity contribution in [2.45, 2.75) is 6.42 Å². The third-order valence-electron chi connectivity index (χ3n) is 2.60. The lowest BCUT2D eigenvalue weighted by Crippen LogP contribution is -2.24. The first kappa shape index (κ1) is 10.4. The summed E-state index contributed by atoms with van der Waals surface area (Å²) in [7, 11) is 0. The summed E-state index contributed by atoms with van der Waals surface area (Å²) in [6, 6.07) is 6.78. The van der Waals surface area contributed by atoms with E-state index in [1.165, 1.54) is 0 Å². The second kappa shape index (κ2) is 4.14. The zero-order chi connectivity index (χ0) is 10.8. The number of benzene rings is 1. The van der Waals surface area contributed by atoms with E-state index in [2.05, 4.69) is 12.6 Å². The second-order valence-electron chi connectivity index (χ2n) is 3.78. The van der Waals surface area contributed by atoms with Crippen molar-refractivity contribution in [3.05, 3.63) is 24.3 Å². The first-order chi connectivity index (χ1) is 7.20. The summed E-state index contributed by atoms with van der Waals surface area (Å²) in [4.78, 5) is 13.4. The Hall–Kier alpha value is -1.16. The molecule has 1 heterocycles. The summed E-state index contributed by atoms with van der Waals surface area (Å²) in [5.41, 5.74) is 0.768. The highest BCUT2D eigenvalue weighted by Crippen LogP contribution is 2.27. The quantitative estimate of drug-likeness (QED) is 0.749. The fourth-order valence-electron chi connectivity index (χ4n) is 1.81. The highest BCUT2D eigenvalue weighted by Gasteiger charge is 2.29. The number of anilines is 1. The van der Waals surface area contributed by atoms with Gasteiger partial charge in [-0.15, -0.1) is 0 Å². The van der Waals surface area contributed by atoms with Crippen molar-refractivity contribution >= 4 is 24.2 Å². The van der Waals surface area contributed by atoms with Gasteiger partial charge in [0.25, 0.3) is 0 Å². The van der Waals surface area contributed by atoms with E-state index in [9.17, 15) is 9.90 Å². The minimum absolute atomic E-state index is 0.111. The van der Waals surface area contributed by atoms with E-state index < -0.39 is 0 Å². The number of thiol groups is 1. The lowest BCUT2D eigenvalue weighted by molar-refractivity contribution is -0.117. The standard InChI is InChI=1S/C11H13NO2S/c13-10-3-1-2-9(5-10)12-6-8(7-15)4-11(12)14/h1-3,5,8,13,15H,4,6-7H2. The Labute approximate surface area is 94.1 Å². The van der Waals surface area contributed by atoms with Gasteiger partial charge in [0.05, 0.1) is 0 Å². The monoisotopic (exact) mass is 223 g/mol. The van der Waals surface area contributed by atoms with Gasteiger partial charge in [-0.25, -0.2) is 0 Å². The molecule has 0 aromatic heterocycles. The van der Waals surface area contributed by atoms with Crippen LogP contribution in [0.5, 0.6) is 5.75 Å². The molecule has 15 heavy (non-hydrogen) atoms. The number of carbonyl (C=O) groups is 1. The van der Waals surface area contributed by atoms with Crippen LogP contribution in [0.25, 0.3) is 0 Å². The van der Waals surface area contributed by atoms with Crippen LogP contribution in [0.1, 0.15) is 6.42 Å². The van der Waals surface area contributed by atoms with Gasteiger partial charge in [-0.3, -0.25) is 4.79 Å². The molecule has 1 saturated heterocycles. The van der Waals surface area contributed by atoms with E-state index in [1.54, 1.807) is 23.1 Å². The number of rotatable bonds is 2. The van der Waals surface area contributed by atoms with Crippen LogP contribution in [0, 0.1) is 5.92 Å². The molecule has 0 saturated carbocycles. The molecular formula is C11H13NO2S. The molecule has 0 aliphatic carbocycles. The first-order valence-electron chi connectivity index (χ1n) is 4.91. The molecule has 4 heteroatoms. The Morgan fingerprint density at radius 3 is 2.93 bits per heavy atom. The lowest BCUT2D eigenvalue weighted by atomic mass is 10.1. The van der Waals surface area contributed by atoms with E-state index in [4.69, 9.17) is 0 Å². The van der Waals surface area contributed by atoms with Crippen molar-refractivity contribution in [1.82, 2.24) is 0 Å². The van der Waals surface area contributed by atoms with Gasteiger partial charge in [-0.2, -0.15) is 12.6 Å². The molecule has 3 nitrogen and oxygen atoms in total. The molecule has 1 fully saturated rings. The van der Waals surface area contributed by atoms with Crippen LogP contribution < -0.4 is 4.90 Å². The number of phenolic OH excluding ortho intramolecular Hbond substituents is 1. The molecule has 0 bridgehead atoms. The van der Waals surface area contributed by atoms with E-state index in [0.29, 0.717) is 18.9 Å². The molecule has 0 spiro atoms. The molecule has 1 aliphatic heterocycles. The summed E-state index contributed by atoms with van der Waals surface area (Å²) in [5, 5.41) is 9.33. The van der Waals surface area contributed by atoms with Gasteiger partial charge in [-0.1, -0.05) is 6.07 Å². The Morgan fingerprint density at radius 2 is 2.33 bits per heavy atom. The predicted molar refractivity (Wildman–Crippen MR) is 62.4 cm³/mol. The topological polar surface area (TPSA) is 40.5 Å². The SMILES string of the molecule is O=C1CC(CS)CN1c1cccc(O)c1. The highest BCUT2D eigenvalue weighted by atomic mass is 32.1. The molecule has 1 aromatic carbocycles. The Bertz CT molecular complexity index is 381. The minimum Gasteiger partial charge on any atom is -0.508 e. The number of phenols is 1. The molecule has 1 atom stereocenters. The van der Waals surface area contributed by atoms with Gasteiger partial charge in [0.15, 0.2) is 0 Å². The third kappa shape index (κ3) is 2.09. The summed E-state index contributed by atoms with van der Waals surface area (Å²) in [6.07, 6.45) is 0.555. The zero-order valence-corrected chi connectivity index (χ0v) is 9.15. The maximum absolute atomic E-state index is 11.7. The van der Waals surface area contributed by atoms with Crippen LogP contribution in [-0.2, 0) is 4.79 Å². The van der Waals surface area contributed by atoms with Crippen LogP contribution in [0.4, 0.5) is 5.69 Å². The number of hydrogen-bond acceptors (Lipinski definition) is 3. The van der Waals surface area contributed by atoms with E-state index in [1.807, 2.05) is 6.07 Å². The maximum atomic E-state index is 11.7. The van der Waals surface area contributed by atoms with Gasteiger partial charge in [-0.05, 0) is 23.8 Å². The molecule has 1 unspecified atom stereocenters. The van der Waals surface area contributed by atoms with Crippen LogP contribution in [0.15, 0.2) is 24.3 Å². The summed E-state index contributed by atoms with van der Waals surface area (Å²) >= 11 is 4.20. The van der Waals surface area contributed by atoms with Crippen molar-refractivity contribution < 1.29 is 9.90 Å². The number of amides is 1. The first-order valence-corrected chi connectivity index (χ1v) is 5.54. The number of aromatic hydroxyl groups is 1. The fraction of sp³-hybridized carbons (Fsp3) is 0.364. The van der Waals surface area contributed by atoms with Gasteiger partial charge >= 0.3 is 0 Å². The molecule has 1 aliphatic rings. The van der Waals surface area contributed by atoms with Crippen molar-refractivity contribution in [3.63, 3.8) is 0 Å². The summed E-state index contributed by atoms with van der Waals surface area (Å²) in [6.45, 7) is 0.700. The third-order valence-corrected chi connectivity index (χ3v) is 3.12. The van der Waals surface area contributed by atoms with Gasteiger partial charge in [0, 0.05) is 24.7 Å². The molecule has 1 N–H and O–H groups in total. The summed E-state index contributed by atoms with van der Waals surface area (Å²) in [5.74, 6) is 1.35. The Balaban J connectivity index is 2.21. The van der Waals surface area contributed by atoms with Crippen LogP contribution in [-0.4, -0.2) is 23.3 Å². The predicted octanol–water partition coefficient (Wildman–Crippen LogP) is 1.67. The average Bonchev–Trinajstić information content (AvgIpc) is 2.60. The zero-order valence-electron chi connectivity index (χ0n) is 8.26. The highest BCUT2D eigenvalue weighted by molar-refractivity contribution is 7.80. The van der Waals surface area contributed by atoms with E-state index in [-0.39, 0.29) is 11.7 Å². The molecular weight excluding hydrogens is 210 g/mol. The lowest BCUT2D eigenvalue weighted by Gasteiger charge is -2.16. The minimum atomic E-state index is 0.111. The van der Waals surface area contributed by atoms with Gasteiger partial charge in [0.2, 0.25) is 5.91 Å². The average molecular weight is 223 g/mol. The molecule has 1 amide bonds. The van der Waals surface area contributed by atoms with Gasteiger partial charge < -0.3 is 10.0 Å². The molecule has 2 rings (SSSR count). The van der Waals surface area contributed by atoms with Gasteiger partial charge in [0.1, 0.15) is 5.75 Å². The maximum Gasteiger partial charge on any atom is 0.227 e. The van der Waals surface area contributed by atoms with E-state index in [0.717, 1.165) is 11.4 Å². The van der Waals surface area contributed by atoms with E-state index >= 15 is 0 Å². The fourth-order valence-corrected chi connectivity index (χ4v) is 2.06. The van der Waals surface area contributed by atoms with Crippen molar-refractivity contribution in [3.8, 4) is 5.75 Å². The van der Waals surface area contributed by atoms with Crippen molar-refractivity contribution in [2.24, 2.45) is 5.92 Å². The number of hydrogen-bond donors (Lipinski definition) is 2. The normalized spacial score (nSPS) is 21.0. The molecule has 1 aromatic rings. The number of nitrogens with zero attached hydrogens (tertiary/aromatic N) is 1. The second-order valence-corrected chi connectivity index (χ2v) is 4.14. The van der Waals surface area contributed by atoms with Crippen LogP contribution in [0.3, 0.4) is 0 Å². The van der Waals surface area contributed by atoms with Crippen LogP contribution >= 0.6 is 12.6 Å². The smallest absolute Gasteiger partial charge is 0.227 e. The molecule has 80 valence electrons. The number of carbonyl (C=O) groups excluding carboxylic acids is 1. The van der Waals surface area contributed by atoms with Crippen molar-refractivity contribution in [2.75, 3.05) is 17.2 Å². The largest absolute Gasteiger partial charge is 0.508 e.